The zero-order valence-electron chi connectivity index (χ0n) is 19.2. The fourth-order valence-electron chi connectivity index (χ4n) is 3.63. The van der Waals surface area contributed by atoms with E-state index in [1.165, 1.54) is 12.5 Å². The second-order valence-electron chi connectivity index (χ2n) is 8.68. The van der Waals surface area contributed by atoms with Crippen LogP contribution in [0.3, 0.4) is 0 Å². The number of nitrogens with one attached hydrogen (secondary N) is 5. The van der Waals surface area contributed by atoms with Crippen molar-refractivity contribution in [1.82, 2.24) is 31.2 Å². The van der Waals surface area contributed by atoms with Crippen molar-refractivity contribution in [3.63, 3.8) is 0 Å². The largest absolute Gasteiger partial charge is 0.481 e. The topological polar surface area (TPSA) is 203 Å². The van der Waals surface area contributed by atoms with Crippen LogP contribution < -0.4 is 21.3 Å². The highest BCUT2D eigenvalue weighted by Gasteiger charge is 2.33. The summed E-state index contributed by atoms with van der Waals surface area (Å²) in [6.45, 7) is 4.23. The molecule has 1 aliphatic heterocycles. The first-order chi connectivity index (χ1) is 16.1. The van der Waals surface area contributed by atoms with Gasteiger partial charge in [-0.15, -0.1) is 0 Å². The van der Waals surface area contributed by atoms with E-state index in [1.807, 2.05) is 0 Å². The third-order valence-corrected chi connectivity index (χ3v) is 5.32. The summed E-state index contributed by atoms with van der Waals surface area (Å²) in [5, 5.41) is 28.9. The van der Waals surface area contributed by atoms with Gasteiger partial charge in [0, 0.05) is 18.3 Å². The molecule has 0 radical (unpaired) electrons. The molecule has 3 amide bonds. The highest BCUT2D eigenvalue weighted by molar-refractivity contribution is 5.95. The van der Waals surface area contributed by atoms with Gasteiger partial charge in [-0.1, -0.05) is 13.8 Å². The number of hydrogen-bond acceptors (Lipinski definition) is 7. The summed E-state index contributed by atoms with van der Waals surface area (Å²) in [6.07, 6.45) is 3.70. The Bertz CT molecular complexity index is 867. The average molecular weight is 481 g/mol. The van der Waals surface area contributed by atoms with Crippen LogP contribution in [0.5, 0.6) is 0 Å². The van der Waals surface area contributed by atoms with Crippen LogP contribution in [0.2, 0.25) is 0 Å². The number of imidazole rings is 1. The van der Waals surface area contributed by atoms with Crippen molar-refractivity contribution in [2.75, 3.05) is 6.54 Å². The molecule has 0 aromatic carbocycles. The third kappa shape index (κ3) is 8.46. The molecule has 1 saturated heterocycles. The van der Waals surface area contributed by atoms with E-state index in [0.717, 1.165) is 6.42 Å². The molecular weight excluding hydrogens is 448 g/mol. The summed E-state index contributed by atoms with van der Waals surface area (Å²) in [5.41, 5.74) is 0.543. The van der Waals surface area contributed by atoms with Gasteiger partial charge >= 0.3 is 11.9 Å². The monoisotopic (exact) mass is 480 g/mol. The molecule has 188 valence electrons. The number of carbonyl (C=O) groups excluding carboxylic acids is 3. The van der Waals surface area contributed by atoms with E-state index >= 15 is 0 Å². The summed E-state index contributed by atoms with van der Waals surface area (Å²) >= 11 is 0. The van der Waals surface area contributed by atoms with Gasteiger partial charge in [0.15, 0.2) is 0 Å². The normalized spacial score (nSPS) is 18.0. The summed E-state index contributed by atoms with van der Waals surface area (Å²) < 4.78 is 0. The van der Waals surface area contributed by atoms with Crippen molar-refractivity contribution >= 4 is 29.7 Å². The van der Waals surface area contributed by atoms with Crippen molar-refractivity contribution in [1.29, 1.82) is 0 Å². The minimum absolute atomic E-state index is 0.0246. The van der Waals surface area contributed by atoms with Crippen molar-refractivity contribution < 1.29 is 34.2 Å². The number of rotatable bonds is 13. The number of aromatic nitrogens is 2. The molecule has 0 aliphatic carbocycles. The Kier molecular flexibility index (Phi) is 9.98. The fraction of sp³-hybridized carbons (Fsp3) is 0.619. The number of H-pyrrole nitrogens is 1. The van der Waals surface area contributed by atoms with Crippen LogP contribution in [-0.2, 0) is 30.4 Å². The van der Waals surface area contributed by atoms with E-state index in [4.69, 9.17) is 0 Å². The Balaban J connectivity index is 2.15. The lowest BCUT2D eigenvalue weighted by Gasteiger charge is -2.24. The maximum absolute atomic E-state index is 13.0. The first kappa shape index (κ1) is 26.8. The van der Waals surface area contributed by atoms with Crippen molar-refractivity contribution in [2.45, 2.75) is 70.1 Å². The third-order valence-electron chi connectivity index (χ3n) is 5.32. The van der Waals surface area contributed by atoms with Crippen molar-refractivity contribution in [3.05, 3.63) is 18.2 Å². The van der Waals surface area contributed by atoms with Crippen LogP contribution in [0.4, 0.5) is 0 Å². The SMILES string of the molecule is CC(C)CC(NC(=O)C(CC(=O)O)NC(=O)C(Cc1cnc[nH]1)NC(=O)C1CCCN1)C(=O)O. The highest BCUT2D eigenvalue weighted by Crippen LogP contribution is 2.08. The van der Waals surface area contributed by atoms with Gasteiger partial charge in [0.05, 0.1) is 18.8 Å². The number of aromatic amines is 1. The molecule has 34 heavy (non-hydrogen) atoms. The zero-order chi connectivity index (χ0) is 25.3. The standard InChI is InChI=1S/C21H32N6O7/c1-11(2)6-16(21(33)34)27-20(32)15(8-17(28)29)26-19(31)14(7-12-9-22-10-24-12)25-18(30)13-4-3-5-23-13/h9-11,13-16,23H,3-8H2,1-2H3,(H,22,24)(H,25,30)(H,26,31)(H,27,32)(H,28,29)(H,33,34). The van der Waals surface area contributed by atoms with Crippen LogP contribution in [0.25, 0.3) is 0 Å². The second-order valence-corrected chi connectivity index (χ2v) is 8.68. The van der Waals surface area contributed by atoms with Gasteiger partial charge in [0.2, 0.25) is 17.7 Å². The van der Waals surface area contributed by atoms with Gasteiger partial charge in [0.1, 0.15) is 18.1 Å². The van der Waals surface area contributed by atoms with Crippen LogP contribution in [0.1, 0.15) is 45.2 Å². The lowest BCUT2D eigenvalue weighted by molar-refractivity contribution is -0.144. The molecule has 13 heteroatoms. The second kappa shape index (κ2) is 12.7. The summed E-state index contributed by atoms with van der Waals surface area (Å²) in [4.78, 5) is 67.9. The molecule has 13 nitrogen and oxygen atoms in total. The Hall–Kier alpha value is -3.48. The molecule has 0 bridgehead atoms. The molecular formula is C21H32N6O7. The number of carbonyl (C=O) groups is 5. The predicted octanol–water partition coefficient (Wildman–Crippen LogP) is -1.24. The molecule has 4 atom stereocenters. The quantitative estimate of drug-likeness (QED) is 0.180. The number of carboxylic acids is 2. The molecule has 4 unspecified atom stereocenters. The smallest absolute Gasteiger partial charge is 0.326 e. The maximum Gasteiger partial charge on any atom is 0.326 e. The van der Waals surface area contributed by atoms with E-state index in [9.17, 15) is 34.2 Å². The van der Waals surface area contributed by atoms with Gasteiger partial charge < -0.3 is 36.5 Å². The van der Waals surface area contributed by atoms with Crippen molar-refractivity contribution in [3.8, 4) is 0 Å². The molecule has 0 spiro atoms. The van der Waals surface area contributed by atoms with Gasteiger partial charge in [-0.2, -0.15) is 0 Å². The number of amides is 3. The first-order valence-corrected chi connectivity index (χ1v) is 11.1. The van der Waals surface area contributed by atoms with E-state index in [0.29, 0.717) is 18.7 Å². The maximum atomic E-state index is 13.0. The predicted molar refractivity (Wildman–Crippen MR) is 118 cm³/mol. The van der Waals surface area contributed by atoms with Crippen LogP contribution in [0.15, 0.2) is 12.5 Å². The number of carboxylic acid groups (broad SMARTS) is 2. The summed E-state index contributed by atoms with van der Waals surface area (Å²) in [5.74, 6) is -4.78. The first-order valence-electron chi connectivity index (χ1n) is 11.1. The Morgan fingerprint density at radius 2 is 1.74 bits per heavy atom. The Labute approximate surface area is 196 Å². The summed E-state index contributed by atoms with van der Waals surface area (Å²) in [6, 6.07) is -4.35. The zero-order valence-corrected chi connectivity index (χ0v) is 19.2. The molecule has 0 saturated carbocycles. The summed E-state index contributed by atoms with van der Waals surface area (Å²) in [7, 11) is 0. The lowest BCUT2D eigenvalue weighted by atomic mass is 10.0. The number of nitrogens with zero attached hydrogens (tertiary/aromatic N) is 1. The Morgan fingerprint density at radius 1 is 1.06 bits per heavy atom. The van der Waals surface area contributed by atoms with Crippen LogP contribution >= 0.6 is 0 Å². The number of hydrogen-bond donors (Lipinski definition) is 7. The van der Waals surface area contributed by atoms with Crippen molar-refractivity contribution in [2.24, 2.45) is 5.92 Å². The molecule has 1 aromatic rings. The van der Waals surface area contributed by atoms with Crippen LogP contribution in [0, 0.1) is 5.92 Å². The van der Waals surface area contributed by atoms with Crippen LogP contribution in [-0.4, -0.2) is 80.6 Å². The Morgan fingerprint density at radius 3 is 2.26 bits per heavy atom. The minimum Gasteiger partial charge on any atom is -0.481 e. The molecule has 2 heterocycles. The van der Waals surface area contributed by atoms with Gasteiger partial charge in [-0.25, -0.2) is 9.78 Å². The highest BCUT2D eigenvalue weighted by atomic mass is 16.4. The van der Waals surface area contributed by atoms with Gasteiger partial charge in [-0.3, -0.25) is 19.2 Å². The molecule has 2 rings (SSSR count). The van der Waals surface area contributed by atoms with E-state index in [-0.39, 0.29) is 24.7 Å². The minimum atomic E-state index is -1.54. The number of aliphatic carboxylic acids is 2. The van der Waals surface area contributed by atoms with E-state index in [2.05, 4.69) is 31.2 Å². The molecule has 7 N–H and O–H groups in total. The van der Waals surface area contributed by atoms with Gasteiger partial charge in [-0.05, 0) is 31.7 Å². The van der Waals surface area contributed by atoms with E-state index < -0.39 is 54.3 Å². The molecule has 1 fully saturated rings. The van der Waals surface area contributed by atoms with E-state index in [1.54, 1.807) is 13.8 Å². The molecule has 1 aromatic heterocycles. The molecule has 1 aliphatic rings. The van der Waals surface area contributed by atoms with Gasteiger partial charge in [0.25, 0.3) is 0 Å². The lowest BCUT2D eigenvalue weighted by Crippen LogP contribution is -2.58. The average Bonchev–Trinajstić information content (AvgIpc) is 3.45. The fourth-order valence-corrected chi connectivity index (χ4v) is 3.63.